The molecule has 0 amide bonds. The van der Waals surface area contributed by atoms with E-state index in [-0.39, 0.29) is 6.04 Å². The number of aryl methyl sites for hydroxylation is 1. The molecule has 1 unspecified atom stereocenters. The van der Waals surface area contributed by atoms with E-state index in [2.05, 4.69) is 16.0 Å². The minimum absolute atomic E-state index is 0.162. The molecule has 0 bridgehead atoms. The molecule has 3 nitrogen and oxygen atoms in total. The van der Waals surface area contributed by atoms with Crippen molar-refractivity contribution in [1.29, 1.82) is 0 Å². The lowest BCUT2D eigenvalue weighted by atomic mass is 9.96. The third kappa shape index (κ3) is 1.16. The van der Waals surface area contributed by atoms with Crippen molar-refractivity contribution in [3.63, 3.8) is 0 Å². The molecule has 2 rings (SSSR count). The second kappa shape index (κ2) is 2.75. The normalized spacial score (nSPS) is 18.3. The number of nitrogens with zero attached hydrogens (tertiary/aromatic N) is 1. The largest absolute Gasteiger partial charge is 0.348 e. The van der Waals surface area contributed by atoms with Gasteiger partial charge in [-0.1, -0.05) is 5.57 Å². The van der Waals surface area contributed by atoms with Crippen molar-refractivity contribution in [1.82, 2.24) is 9.97 Å². The van der Waals surface area contributed by atoms with Crippen LogP contribution in [-0.2, 0) is 6.42 Å². The van der Waals surface area contributed by atoms with E-state index in [4.69, 9.17) is 5.73 Å². The van der Waals surface area contributed by atoms with Crippen LogP contribution in [0.5, 0.6) is 0 Å². The van der Waals surface area contributed by atoms with E-state index in [1.54, 1.807) is 6.33 Å². The fourth-order valence-electron chi connectivity index (χ4n) is 1.53. The van der Waals surface area contributed by atoms with Gasteiger partial charge in [0.1, 0.15) is 0 Å². The summed E-state index contributed by atoms with van der Waals surface area (Å²) in [6.45, 7) is 2.02. The summed E-state index contributed by atoms with van der Waals surface area (Å²) in [7, 11) is 0. The SMILES string of the molecule is CC(N)C1=Cc2nc[nH]c2CC1. The summed E-state index contributed by atoms with van der Waals surface area (Å²) in [5.74, 6) is 0. The van der Waals surface area contributed by atoms with E-state index in [0.717, 1.165) is 18.5 Å². The average molecular weight is 163 g/mol. The van der Waals surface area contributed by atoms with E-state index >= 15 is 0 Å². The number of hydrogen-bond acceptors (Lipinski definition) is 2. The number of rotatable bonds is 1. The molecule has 1 aromatic heterocycles. The van der Waals surface area contributed by atoms with Gasteiger partial charge in [-0.2, -0.15) is 0 Å². The Morgan fingerprint density at radius 1 is 1.58 bits per heavy atom. The predicted molar refractivity (Wildman–Crippen MR) is 48.5 cm³/mol. The summed E-state index contributed by atoms with van der Waals surface area (Å²) >= 11 is 0. The number of aromatic amines is 1. The first-order valence-corrected chi connectivity index (χ1v) is 4.25. The zero-order valence-electron chi connectivity index (χ0n) is 7.17. The molecule has 12 heavy (non-hydrogen) atoms. The first-order valence-electron chi connectivity index (χ1n) is 4.25. The van der Waals surface area contributed by atoms with Crippen LogP contribution >= 0.6 is 0 Å². The van der Waals surface area contributed by atoms with E-state index in [9.17, 15) is 0 Å². The summed E-state index contributed by atoms with van der Waals surface area (Å²) in [6.07, 6.45) is 5.95. The standard InChI is InChI=1S/C9H13N3/c1-6(10)7-2-3-8-9(4-7)12-5-11-8/h4-6H,2-3,10H2,1H3,(H,11,12). The van der Waals surface area contributed by atoms with Crippen molar-refractivity contribution in [3.05, 3.63) is 23.3 Å². The summed E-state index contributed by atoms with van der Waals surface area (Å²) in [5.41, 5.74) is 9.39. The zero-order valence-corrected chi connectivity index (χ0v) is 7.17. The van der Waals surface area contributed by atoms with E-state index in [1.165, 1.54) is 11.3 Å². The fraction of sp³-hybridized carbons (Fsp3) is 0.444. The van der Waals surface area contributed by atoms with Gasteiger partial charge in [0, 0.05) is 11.7 Å². The number of nitrogens with two attached hydrogens (primary N) is 1. The molecule has 0 spiro atoms. The van der Waals surface area contributed by atoms with Gasteiger partial charge in [-0.15, -0.1) is 0 Å². The molecule has 0 aliphatic heterocycles. The molecule has 0 saturated carbocycles. The van der Waals surface area contributed by atoms with Crippen molar-refractivity contribution in [2.75, 3.05) is 0 Å². The third-order valence-electron chi connectivity index (χ3n) is 2.32. The second-order valence-electron chi connectivity index (χ2n) is 3.27. The van der Waals surface area contributed by atoms with Crippen molar-refractivity contribution in [2.24, 2.45) is 5.73 Å². The van der Waals surface area contributed by atoms with Crippen LogP contribution in [0.1, 0.15) is 24.7 Å². The third-order valence-corrected chi connectivity index (χ3v) is 2.32. The smallest absolute Gasteiger partial charge is 0.0929 e. The summed E-state index contributed by atoms with van der Waals surface area (Å²) in [5, 5.41) is 0. The lowest BCUT2D eigenvalue weighted by molar-refractivity contribution is 0.768. The van der Waals surface area contributed by atoms with Crippen LogP contribution in [0.3, 0.4) is 0 Å². The van der Waals surface area contributed by atoms with Crippen LogP contribution in [0.25, 0.3) is 6.08 Å². The van der Waals surface area contributed by atoms with Crippen LogP contribution in [0, 0.1) is 0 Å². The number of H-pyrrole nitrogens is 1. The van der Waals surface area contributed by atoms with E-state index in [1.807, 2.05) is 6.92 Å². The van der Waals surface area contributed by atoms with Crippen LogP contribution in [0.2, 0.25) is 0 Å². The Bertz CT molecular complexity index is 309. The molecule has 0 fully saturated rings. The van der Waals surface area contributed by atoms with Gasteiger partial charge < -0.3 is 10.7 Å². The number of imidazole rings is 1. The Hall–Kier alpha value is -1.09. The van der Waals surface area contributed by atoms with Crippen LogP contribution in [0.15, 0.2) is 11.9 Å². The van der Waals surface area contributed by atoms with Gasteiger partial charge in [-0.3, -0.25) is 0 Å². The van der Waals surface area contributed by atoms with Gasteiger partial charge in [0.25, 0.3) is 0 Å². The van der Waals surface area contributed by atoms with Crippen LogP contribution in [-0.4, -0.2) is 16.0 Å². The predicted octanol–water partition coefficient (Wildman–Crippen LogP) is 1.09. The topological polar surface area (TPSA) is 54.7 Å². The Kier molecular flexibility index (Phi) is 1.73. The highest BCUT2D eigenvalue weighted by molar-refractivity contribution is 5.55. The highest BCUT2D eigenvalue weighted by Gasteiger charge is 2.13. The minimum atomic E-state index is 0.162. The molecule has 0 aromatic carbocycles. The van der Waals surface area contributed by atoms with Crippen molar-refractivity contribution < 1.29 is 0 Å². The quantitative estimate of drug-likeness (QED) is 0.651. The zero-order chi connectivity index (χ0) is 8.55. The van der Waals surface area contributed by atoms with E-state index in [0.29, 0.717) is 0 Å². The van der Waals surface area contributed by atoms with Crippen molar-refractivity contribution in [2.45, 2.75) is 25.8 Å². The molecule has 0 saturated heterocycles. The highest BCUT2D eigenvalue weighted by Crippen LogP contribution is 2.21. The minimum Gasteiger partial charge on any atom is -0.348 e. The van der Waals surface area contributed by atoms with Crippen LogP contribution < -0.4 is 5.73 Å². The summed E-state index contributed by atoms with van der Waals surface area (Å²) in [4.78, 5) is 7.32. The monoisotopic (exact) mass is 163 g/mol. The fourth-order valence-corrected chi connectivity index (χ4v) is 1.53. The summed E-state index contributed by atoms with van der Waals surface area (Å²) in [6, 6.07) is 0.162. The first-order chi connectivity index (χ1) is 5.77. The Morgan fingerprint density at radius 3 is 3.17 bits per heavy atom. The summed E-state index contributed by atoms with van der Waals surface area (Å²) < 4.78 is 0. The number of nitrogens with one attached hydrogen (secondary N) is 1. The maximum Gasteiger partial charge on any atom is 0.0929 e. The molecule has 0 radical (unpaired) electrons. The molecule has 1 heterocycles. The molecule has 1 aromatic rings. The van der Waals surface area contributed by atoms with Crippen LogP contribution in [0.4, 0.5) is 0 Å². The molecule has 1 atom stereocenters. The van der Waals surface area contributed by atoms with Gasteiger partial charge >= 0.3 is 0 Å². The highest BCUT2D eigenvalue weighted by atomic mass is 14.9. The Labute approximate surface area is 71.7 Å². The van der Waals surface area contributed by atoms with Crippen molar-refractivity contribution >= 4 is 6.08 Å². The number of aromatic nitrogens is 2. The first kappa shape index (κ1) is 7.55. The van der Waals surface area contributed by atoms with E-state index < -0.39 is 0 Å². The lowest BCUT2D eigenvalue weighted by Crippen LogP contribution is -2.20. The van der Waals surface area contributed by atoms with Crippen molar-refractivity contribution in [3.8, 4) is 0 Å². The second-order valence-corrected chi connectivity index (χ2v) is 3.27. The van der Waals surface area contributed by atoms with Gasteiger partial charge in [0.2, 0.25) is 0 Å². The van der Waals surface area contributed by atoms with Gasteiger partial charge in [-0.05, 0) is 25.8 Å². The Balaban J connectivity index is 2.35. The number of fused-ring (bicyclic) bond motifs is 1. The van der Waals surface area contributed by atoms with Gasteiger partial charge in [0.05, 0.1) is 12.0 Å². The molecule has 3 N–H and O–H groups in total. The molecule has 1 aliphatic rings. The van der Waals surface area contributed by atoms with Gasteiger partial charge in [0.15, 0.2) is 0 Å². The molecule has 1 aliphatic carbocycles. The number of hydrogen-bond donors (Lipinski definition) is 2. The molecule has 3 heteroatoms. The molecular formula is C9H13N3. The molecule has 64 valence electrons. The molecular weight excluding hydrogens is 150 g/mol. The lowest BCUT2D eigenvalue weighted by Gasteiger charge is -2.15. The maximum absolute atomic E-state index is 5.79. The maximum atomic E-state index is 5.79. The average Bonchev–Trinajstić information content (AvgIpc) is 2.49. The van der Waals surface area contributed by atoms with Gasteiger partial charge in [-0.25, -0.2) is 4.98 Å². The Morgan fingerprint density at radius 2 is 2.42 bits per heavy atom.